The topological polar surface area (TPSA) is 95.9 Å². The minimum Gasteiger partial charge on any atom is -0.480 e. The molecule has 0 aliphatic carbocycles. The highest BCUT2D eigenvalue weighted by Crippen LogP contribution is 2.18. The quantitative estimate of drug-likeness (QED) is 0.559. The number of nitrogens with one attached hydrogen (secondary N) is 1. The van der Waals surface area contributed by atoms with Crippen LogP contribution in [-0.4, -0.2) is 47.4 Å². The lowest BCUT2D eigenvalue weighted by molar-refractivity contribution is -0.143. The Morgan fingerprint density at radius 1 is 1.60 bits per heavy atom. The number of hydrogen-bond acceptors (Lipinski definition) is 4. The molecule has 0 spiro atoms. The maximum atomic E-state index is 11.5. The summed E-state index contributed by atoms with van der Waals surface area (Å²) in [7, 11) is 0. The minimum absolute atomic E-state index is 0.0261. The van der Waals surface area contributed by atoms with Crippen molar-refractivity contribution in [1.82, 2.24) is 5.32 Å². The second kappa shape index (κ2) is 5.09. The van der Waals surface area contributed by atoms with Gasteiger partial charge in [-0.15, -0.1) is 0 Å². The van der Waals surface area contributed by atoms with Crippen LogP contribution in [0.15, 0.2) is 0 Å². The van der Waals surface area contributed by atoms with Gasteiger partial charge in [-0.05, 0) is 13.3 Å². The molecule has 1 saturated heterocycles. The number of rotatable bonds is 4. The molecule has 1 amide bonds. The van der Waals surface area contributed by atoms with Gasteiger partial charge in [-0.3, -0.25) is 4.79 Å². The van der Waals surface area contributed by atoms with E-state index < -0.39 is 18.6 Å². The van der Waals surface area contributed by atoms with Crippen molar-refractivity contribution >= 4 is 11.9 Å². The maximum Gasteiger partial charge on any atom is 0.328 e. The molecule has 0 aromatic carbocycles. The molecule has 1 fully saturated rings. The fraction of sp³-hybridized carbons (Fsp3) is 0.778. The average Bonchev–Trinajstić information content (AvgIpc) is 2.60. The summed E-state index contributed by atoms with van der Waals surface area (Å²) in [5.74, 6) is -1.92. The number of carboxylic acids is 1. The van der Waals surface area contributed by atoms with Crippen LogP contribution in [0.2, 0.25) is 0 Å². The Hall–Kier alpha value is -1.14. The second-order valence-electron chi connectivity index (χ2n) is 3.66. The van der Waals surface area contributed by atoms with Gasteiger partial charge < -0.3 is 20.3 Å². The van der Waals surface area contributed by atoms with Gasteiger partial charge in [0.25, 0.3) is 0 Å². The smallest absolute Gasteiger partial charge is 0.328 e. The van der Waals surface area contributed by atoms with Crippen molar-refractivity contribution in [2.45, 2.75) is 25.5 Å². The lowest BCUT2D eigenvalue weighted by Crippen LogP contribution is -2.46. The standard InChI is InChI=1S/C9H15NO5/c1-5-2-6(4-15-5)8(12)10-7(3-11)9(13)14/h5-7,11H,2-4H2,1H3,(H,10,12)(H,13,14)/t5?,6?,7-/m0/s1. The lowest BCUT2D eigenvalue weighted by atomic mass is 10.1. The molecule has 0 bridgehead atoms. The summed E-state index contributed by atoms with van der Waals surface area (Å²) in [4.78, 5) is 22.0. The maximum absolute atomic E-state index is 11.5. The number of aliphatic carboxylic acids is 1. The summed E-state index contributed by atoms with van der Waals surface area (Å²) < 4.78 is 5.19. The monoisotopic (exact) mass is 217 g/mol. The summed E-state index contributed by atoms with van der Waals surface area (Å²) >= 11 is 0. The average molecular weight is 217 g/mol. The van der Waals surface area contributed by atoms with Crippen molar-refractivity contribution in [2.24, 2.45) is 5.92 Å². The number of ether oxygens (including phenoxy) is 1. The second-order valence-corrected chi connectivity index (χ2v) is 3.66. The summed E-state index contributed by atoms with van der Waals surface area (Å²) in [5, 5.41) is 19.6. The molecule has 1 rings (SSSR count). The largest absolute Gasteiger partial charge is 0.480 e. The number of amides is 1. The molecule has 0 aromatic rings. The Morgan fingerprint density at radius 2 is 2.27 bits per heavy atom. The molecule has 86 valence electrons. The minimum atomic E-state index is -1.24. The zero-order chi connectivity index (χ0) is 11.4. The van der Waals surface area contributed by atoms with Crippen LogP contribution in [0.25, 0.3) is 0 Å². The molecular formula is C9H15NO5. The van der Waals surface area contributed by atoms with Gasteiger partial charge in [0.1, 0.15) is 6.04 Å². The summed E-state index contributed by atoms with van der Waals surface area (Å²) in [6.45, 7) is 1.56. The molecule has 1 heterocycles. The highest BCUT2D eigenvalue weighted by molar-refractivity contribution is 5.85. The van der Waals surface area contributed by atoms with E-state index in [0.29, 0.717) is 13.0 Å². The van der Waals surface area contributed by atoms with E-state index in [1.54, 1.807) is 0 Å². The van der Waals surface area contributed by atoms with Crippen molar-refractivity contribution < 1.29 is 24.5 Å². The molecule has 0 radical (unpaired) electrons. The molecular weight excluding hydrogens is 202 g/mol. The third kappa shape index (κ3) is 3.17. The van der Waals surface area contributed by atoms with Crippen LogP contribution in [-0.2, 0) is 14.3 Å². The van der Waals surface area contributed by atoms with Crippen LogP contribution in [0, 0.1) is 5.92 Å². The molecule has 1 aliphatic heterocycles. The summed E-state index contributed by atoms with van der Waals surface area (Å²) in [6.07, 6.45) is 0.613. The zero-order valence-electron chi connectivity index (χ0n) is 8.47. The predicted molar refractivity (Wildman–Crippen MR) is 50.2 cm³/mol. The van der Waals surface area contributed by atoms with E-state index in [1.807, 2.05) is 6.92 Å². The predicted octanol–water partition coefficient (Wildman–Crippen LogP) is -1.03. The highest BCUT2D eigenvalue weighted by atomic mass is 16.5. The molecule has 3 N–H and O–H groups in total. The van der Waals surface area contributed by atoms with Crippen molar-refractivity contribution in [3.63, 3.8) is 0 Å². The molecule has 6 nitrogen and oxygen atoms in total. The summed E-state index contributed by atoms with van der Waals surface area (Å²) in [6, 6.07) is -1.23. The Labute approximate surface area is 87.2 Å². The van der Waals surface area contributed by atoms with Gasteiger partial charge in [0, 0.05) is 0 Å². The third-order valence-corrected chi connectivity index (χ3v) is 2.37. The summed E-state index contributed by atoms with van der Waals surface area (Å²) in [5.41, 5.74) is 0. The van der Waals surface area contributed by atoms with Crippen LogP contribution in [0.1, 0.15) is 13.3 Å². The fourth-order valence-corrected chi connectivity index (χ4v) is 1.47. The lowest BCUT2D eigenvalue weighted by Gasteiger charge is -2.14. The SMILES string of the molecule is CC1CC(C(=O)N[C@@H](CO)C(=O)O)CO1. The van der Waals surface area contributed by atoms with E-state index in [4.69, 9.17) is 14.9 Å². The highest BCUT2D eigenvalue weighted by Gasteiger charge is 2.30. The van der Waals surface area contributed by atoms with E-state index in [-0.39, 0.29) is 17.9 Å². The number of carbonyl (C=O) groups is 2. The van der Waals surface area contributed by atoms with Gasteiger partial charge >= 0.3 is 5.97 Å². The van der Waals surface area contributed by atoms with Crippen molar-refractivity contribution in [3.05, 3.63) is 0 Å². The number of aliphatic hydroxyl groups excluding tert-OH is 1. The molecule has 3 atom stereocenters. The Morgan fingerprint density at radius 3 is 2.67 bits per heavy atom. The van der Waals surface area contributed by atoms with E-state index in [0.717, 1.165) is 0 Å². The number of carbonyl (C=O) groups excluding carboxylic acids is 1. The Kier molecular flexibility index (Phi) is 4.05. The van der Waals surface area contributed by atoms with Gasteiger partial charge in [-0.25, -0.2) is 4.79 Å². The van der Waals surface area contributed by atoms with E-state index in [2.05, 4.69) is 5.32 Å². The Balaban J connectivity index is 2.44. The Bertz CT molecular complexity index is 255. The van der Waals surface area contributed by atoms with Crippen LogP contribution >= 0.6 is 0 Å². The van der Waals surface area contributed by atoms with Gasteiger partial charge in [-0.1, -0.05) is 0 Å². The molecule has 0 saturated carbocycles. The first-order chi connectivity index (χ1) is 7.04. The number of aliphatic hydroxyl groups is 1. The fourth-order valence-electron chi connectivity index (χ4n) is 1.47. The third-order valence-electron chi connectivity index (χ3n) is 2.37. The number of carboxylic acid groups (broad SMARTS) is 1. The van der Waals surface area contributed by atoms with Crippen molar-refractivity contribution in [1.29, 1.82) is 0 Å². The van der Waals surface area contributed by atoms with Crippen LogP contribution < -0.4 is 5.32 Å². The van der Waals surface area contributed by atoms with Crippen LogP contribution in [0.4, 0.5) is 0 Å². The van der Waals surface area contributed by atoms with Crippen molar-refractivity contribution in [3.8, 4) is 0 Å². The van der Waals surface area contributed by atoms with Gasteiger partial charge in [-0.2, -0.15) is 0 Å². The molecule has 0 aromatic heterocycles. The van der Waals surface area contributed by atoms with E-state index in [9.17, 15) is 9.59 Å². The number of hydrogen-bond donors (Lipinski definition) is 3. The van der Waals surface area contributed by atoms with Gasteiger partial charge in [0.2, 0.25) is 5.91 Å². The van der Waals surface area contributed by atoms with E-state index in [1.165, 1.54) is 0 Å². The van der Waals surface area contributed by atoms with Crippen molar-refractivity contribution in [2.75, 3.05) is 13.2 Å². The van der Waals surface area contributed by atoms with Crippen LogP contribution in [0.5, 0.6) is 0 Å². The molecule has 1 aliphatic rings. The first-order valence-electron chi connectivity index (χ1n) is 4.80. The van der Waals surface area contributed by atoms with Gasteiger partial charge in [0.05, 0.1) is 25.2 Å². The van der Waals surface area contributed by atoms with Gasteiger partial charge in [0.15, 0.2) is 0 Å². The molecule has 2 unspecified atom stereocenters. The first kappa shape index (κ1) is 11.9. The zero-order valence-corrected chi connectivity index (χ0v) is 8.47. The molecule has 15 heavy (non-hydrogen) atoms. The van der Waals surface area contributed by atoms with Crippen LogP contribution in [0.3, 0.4) is 0 Å². The first-order valence-corrected chi connectivity index (χ1v) is 4.80. The normalized spacial score (nSPS) is 27.3. The molecule has 6 heteroatoms. The van der Waals surface area contributed by atoms with E-state index >= 15 is 0 Å².